The number of esters is 1. The van der Waals surface area contributed by atoms with Crippen molar-refractivity contribution in [1.29, 1.82) is 0 Å². The van der Waals surface area contributed by atoms with Crippen molar-refractivity contribution in [1.82, 2.24) is 0 Å². The summed E-state index contributed by atoms with van der Waals surface area (Å²) in [4.78, 5) is 11.9. The molecule has 0 heterocycles. The summed E-state index contributed by atoms with van der Waals surface area (Å²) in [5.74, 6) is -1.26. The molecular weight excluding hydrogens is 303 g/mol. The number of benzene rings is 1. The van der Waals surface area contributed by atoms with Crippen LogP contribution in [0.4, 0.5) is 4.39 Å². The van der Waals surface area contributed by atoms with Crippen LogP contribution in [0.3, 0.4) is 0 Å². The molecule has 3 heteroatoms. The molecule has 0 aromatic heterocycles. The molecule has 0 aliphatic carbocycles. The molecule has 0 radical (unpaired) electrons. The molecule has 0 aliphatic heterocycles. The van der Waals surface area contributed by atoms with E-state index in [1.165, 1.54) is 12.5 Å². The molecule has 0 spiro atoms. The molecule has 0 bridgehead atoms. The van der Waals surface area contributed by atoms with Crippen LogP contribution >= 0.6 is 0 Å². The Kier molecular flexibility index (Phi) is 10.4. The Labute approximate surface area is 145 Å². The van der Waals surface area contributed by atoms with Crippen LogP contribution in [0.2, 0.25) is 0 Å². The maximum absolute atomic E-state index is 14.2. The van der Waals surface area contributed by atoms with Gasteiger partial charge in [0.2, 0.25) is 0 Å². The minimum Gasteiger partial charge on any atom is -0.463 e. The van der Waals surface area contributed by atoms with Gasteiger partial charge in [-0.15, -0.1) is 0 Å². The zero-order valence-corrected chi connectivity index (χ0v) is 15.4. The van der Waals surface area contributed by atoms with Crippen LogP contribution in [0.1, 0.15) is 58.1 Å². The van der Waals surface area contributed by atoms with Crippen LogP contribution in [0.5, 0.6) is 0 Å². The van der Waals surface area contributed by atoms with Crippen LogP contribution in [-0.4, -0.2) is 12.1 Å². The number of hydrogen-bond donors (Lipinski definition) is 0. The number of ether oxygens (including phenoxy) is 1. The summed E-state index contributed by atoms with van der Waals surface area (Å²) >= 11 is 0. The maximum Gasteiger partial charge on any atom is 0.313 e. The summed E-state index contributed by atoms with van der Waals surface area (Å²) in [6, 6.07) is 4.73. The van der Waals surface area contributed by atoms with Gasteiger partial charge in [0, 0.05) is 5.56 Å². The third kappa shape index (κ3) is 6.95. The molecular formula is C21H29FO2. The molecule has 0 aliphatic rings. The first-order valence-corrected chi connectivity index (χ1v) is 8.27. The molecule has 0 saturated heterocycles. The van der Waals surface area contributed by atoms with Crippen LogP contribution in [-0.2, 0) is 9.53 Å². The van der Waals surface area contributed by atoms with Gasteiger partial charge in [-0.3, -0.25) is 4.79 Å². The van der Waals surface area contributed by atoms with E-state index in [0.29, 0.717) is 16.7 Å². The number of hydrogen-bond acceptors (Lipinski definition) is 2. The van der Waals surface area contributed by atoms with E-state index in [-0.39, 0.29) is 12.1 Å². The Morgan fingerprint density at radius 1 is 1.25 bits per heavy atom. The van der Waals surface area contributed by atoms with Crippen molar-refractivity contribution in [3.8, 4) is 0 Å². The first kappa shape index (κ1) is 21.8. The van der Waals surface area contributed by atoms with Gasteiger partial charge >= 0.3 is 5.97 Å². The van der Waals surface area contributed by atoms with E-state index < -0.39 is 11.7 Å². The van der Waals surface area contributed by atoms with Gasteiger partial charge in [-0.25, -0.2) is 4.39 Å². The van der Waals surface area contributed by atoms with E-state index in [9.17, 15) is 9.18 Å². The van der Waals surface area contributed by atoms with E-state index >= 15 is 0 Å². The van der Waals surface area contributed by atoms with Crippen molar-refractivity contribution in [2.75, 3.05) is 0 Å². The first-order chi connectivity index (χ1) is 11.3. The molecule has 24 heavy (non-hydrogen) atoms. The minimum atomic E-state index is -0.508. The first-order valence-electron chi connectivity index (χ1n) is 8.27. The van der Waals surface area contributed by atoms with E-state index in [0.717, 1.165) is 0 Å². The second-order valence-corrected chi connectivity index (χ2v) is 5.72. The van der Waals surface area contributed by atoms with E-state index in [1.807, 2.05) is 0 Å². The lowest BCUT2D eigenvalue weighted by Gasteiger charge is -2.15. The fourth-order valence-corrected chi connectivity index (χ4v) is 1.90. The predicted octanol–water partition coefficient (Wildman–Crippen LogP) is 6.05. The van der Waals surface area contributed by atoms with E-state index in [1.54, 1.807) is 51.1 Å². The average Bonchev–Trinajstić information content (AvgIpc) is 2.52. The molecule has 1 aromatic carbocycles. The molecule has 0 saturated carbocycles. The summed E-state index contributed by atoms with van der Waals surface area (Å²) in [5.41, 5.74) is 1.66. The number of halogens is 1. The molecule has 132 valence electrons. The Morgan fingerprint density at radius 3 is 2.25 bits per heavy atom. The Bertz CT molecular complexity index is 586. The monoisotopic (exact) mass is 332 g/mol. The lowest BCUT2D eigenvalue weighted by atomic mass is 9.96. The number of carbonyl (C=O) groups is 1. The smallest absolute Gasteiger partial charge is 0.313 e. The normalized spacial score (nSPS) is 12.0. The third-order valence-corrected chi connectivity index (χ3v) is 3.03. The maximum atomic E-state index is 14.2. The fourth-order valence-electron chi connectivity index (χ4n) is 1.90. The van der Waals surface area contributed by atoms with Gasteiger partial charge < -0.3 is 4.74 Å². The zero-order chi connectivity index (χ0) is 18.7. The molecule has 0 amide bonds. The largest absolute Gasteiger partial charge is 0.463 e. The summed E-state index contributed by atoms with van der Waals surface area (Å²) in [7, 11) is 0. The van der Waals surface area contributed by atoms with Crippen molar-refractivity contribution < 1.29 is 13.9 Å². The Hall–Kier alpha value is -2.16. The second kappa shape index (κ2) is 11.4. The highest BCUT2D eigenvalue weighted by molar-refractivity contribution is 5.79. The highest BCUT2D eigenvalue weighted by Gasteiger charge is 2.19. The topological polar surface area (TPSA) is 26.3 Å². The van der Waals surface area contributed by atoms with Gasteiger partial charge in [0.15, 0.2) is 0 Å². The van der Waals surface area contributed by atoms with Crippen molar-refractivity contribution in [3.05, 3.63) is 66.5 Å². The van der Waals surface area contributed by atoms with E-state index in [4.69, 9.17) is 4.74 Å². The molecule has 1 unspecified atom stereocenters. The molecule has 0 fully saturated rings. The van der Waals surface area contributed by atoms with Crippen molar-refractivity contribution in [2.24, 2.45) is 0 Å². The average molecular weight is 332 g/mol. The van der Waals surface area contributed by atoms with Gasteiger partial charge in [0.05, 0.1) is 12.0 Å². The van der Waals surface area contributed by atoms with E-state index in [2.05, 4.69) is 27.0 Å². The Balaban J connectivity index is 0.00000163. The number of carbonyl (C=O) groups excluding carboxylic acids is 1. The highest BCUT2D eigenvalue weighted by Crippen LogP contribution is 2.25. The van der Waals surface area contributed by atoms with Crippen LogP contribution in [0.15, 0.2) is 49.6 Å². The summed E-state index contributed by atoms with van der Waals surface area (Å²) in [6.45, 7) is 16.8. The minimum absolute atomic E-state index is 0.188. The van der Waals surface area contributed by atoms with Gasteiger partial charge in [-0.2, -0.15) is 0 Å². The second-order valence-electron chi connectivity index (χ2n) is 5.72. The highest BCUT2D eigenvalue weighted by atomic mass is 19.1. The third-order valence-electron chi connectivity index (χ3n) is 3.03. The summed E-state index contributed by atoms with van der Waals surface area (Å²) < 4.78 is 19.4. The molecule has 1 rings (SSSR count). The quantitative estimate of drug-likeness (QED) is 0.468. The van der Waals surface area contributed by atoms with Gasteiger partial charge in [0.25, 0.3) is 0 Å². The summed E-state index contributed by atoms with van der Waals surface area (Å²) in [5, 5.41) is 0. The van der Waals surface area contributed by atoms with Crippen molar-refractivity contribution >= 4 is 11.5 Å². The molecule has 0 N–H and O–H groups in total. The molecule has 1 aromatic rings. The van der Waals surface area contributed by atoms with Gasteiger partial charge in [0.1, 0.15) is 5.82 Å². The standard InChI is InChI=1S/C18H21FO2.C3H8/c1-6-8-14(7-2)16-10-9-15(11-17(16)19)13(5)18(20)21-12(3)4;1-3-2/h6-13H,1-2H2,3-5H3;3H2,1-2H3/b14-8+;. The Morgan fingerprint density at radius 2 is 1.83 bits per heavy atom. The molecule has 1 atom stereocenters. The lowest BCUT2D eigenvalue weighted by Crippen LogP contribution is -2.17. The zero-order valence-electron chi connectivity index (χ0n) is 15.4. The number of allylic oxidation sites excluding steroid dienone is 4. The summed E-state index contributed by atoms with van der Waals surface area (Å²) in [6.07, 6.45) is 5.89. The fraction of sp³-hybridized carbons (Fsp3) is 0.381. The van der Waals surface area contributed by atoms with Gasteiger partial charge in [-0.1, -0.05) is 63.8 Å². The van der Waals surface area contributed by atoms with Crippen LogP contribution in [0.25, 0.3) is 5.57 Å². The number of rotatable bonds is 6. The van der Waals surface area contributed by atoms with Gasteiger partial charge in [-0.05, 0) is 38.0 Å². The van der Waals surface area contributed by atoms with Crippen LogP contribution < -0.4 is 0 Å². The van der Waals surface area contributed by atoms with Crippen LogP contribution in [0, 0.1) is 5.82 Å². The van der Waals surface area contributed by atoms with Crippen molar-refractivity contribution in [2.45, 2.75) is 53.1 Å². The SMILES string of the molecule is C=C/C=C(\C=C)c1ccc(C(C)C(=O)OC(C)C)cc1F.CCC. The molecule has 2 nitrogen and oxygen atoms in total. The predicted molar refractivity (Wildman–Crippen MR) is 100 cm³/mol. The van der Waals surface area contributed by atoms with Crippen molar-refractivity contribution in [3.63, 3.8) is 0 Å². The lowest BCUT2D eigenvalue weighted by molar-refractivity contribution is -0.148.